The van der Waals surface area contributed by atoms with Crippen LogP contribution in [0.25, 0.3) is 11.1 Å². The fourth-order valence-electron chi connectivity index (χ4n) is 6.94. The van der Waals surface area contributed by atoms with E-state index in [2.05, 4.69) is 15.8 Å². The van der Waals surface area contributed by atoms with Crippen LogP contribution in [0.4, 0.5) is 13.6 Å². The summed E-state index contributed by atoms with van der Waals surface area (Å²) < 4.78 is 65.3. The van der Waals surface area contributed by atoms with Crippen molar-refractivity contribution in [2.45, 2.75) is 82.2 Å². The van der Waals surface area contributed by atoms with Crippen LogP contribution in [-0.4, -0.2) is 97.1 Å². The lowest BCUT2D eigenvalue weighted by Gasteiger charge is -2.35. The number of hydrogen-bond donors (Lipinski definition) is 4. The molecule has 6 rings (SSSR count). The first-order chi connectivity index (χ1) is 25.6. The molecule has 2 aromatic carbocycles. The summed E-state index contributed by atoms with van der Waals surface area (Å²) in [7, 11) is -4.07. The van der Waals surface area contributed by atoms with E-state index in [4.69, 9.17) is 9.47 Å². The lowest BCUT2D eigenvalue weighted by molar-refractivity contribution is -0.143. The number of oxime groups is 1. The predicted octanol–water partition coefficient (Wildman–Crippen LogP) is 3.71. The molecule has 2 saturated carbocycles. The van der Waals surface area contributed by atoms with E-state index in [1.54, 1.807) is 45.1 Å². The molecule has 4 atom stereocenters. The van der Waals surface area contributed by atoms with Gasteiger partial charge in [0.1, 0.15) is 42.3 Å². The molecule has 3 aliphatic carbocycles. The highest BCUT2D eigenvalue weighted by molar-refractivity contribution is 7.91. The Bertz CT molecular complexity index is 2000. The largest absolute Gasteiger partial charge is 0.490 e. The minimum Gasteiger partial charge on any atom is -0.490 e. The normalized spacial score (nSPS) is 23.1. The van der Waals surface area contributed by atoms with Crippen LogP contribution in [0.5, 0.6) is 5.75 Å². The van der Waals surface area contributed by atoms with E-state index in [0.717, 1.165) is 22.3 Å². The zero-order chi connectivity index (χ0) is 39.0. The van der Waals surface area contributed by atoms with Crippen molar-refractivity contribution < 1.29 is 51.1 Å². The highest BCUT2D eigenvalue weighted by Gasteiger charge is 2.66. The van der Waals surface area contributed by atoms with Crippen molar-refractivity contribution in [1.82, 2.24) is 20.3 Å². The summed E-state index contributed by atoms with van der Waals surface area (Å²) >= 11 is 0. The number of fused-ring (bicyclic) bond motifs is 3. The lowest BCUT2D eigenvalue weighted by Crippen LogP contribution is -2.60. The molecule has 0 unspecified atom stereocenters. The Morgan fingerprint density at radius 1 is 1.02 bits per heavy atom. The van der Waals surface area contributed by atoms with E-state index in [-0.39, 0.29) is 26.2 Å². The molecule has 0 spiro atoms. The number of rotatable bonds is 13. The number of nitrogens with zero attached hydrogens (tertiary/aromatic N) is 2. The number of likely N-dealkylation sites (tertiary alicyclic amines) is 1. The molecule has 1 saturated heterocycles. The smallest absolute Gasteiger partial charge is 0.408 e. The van der Waals surface area contributed by atoms with Gasteiger partial charge in [0.15, 0.2) is 0 Å². The summed E-state index contributed by atoms with van der Waals surface area (Å²) in [5.74, 6) is -3.74. The van der Waals surface area contributed by atoms with E-state index in [1.807, 2.05) is 35.1 Å². The average molecular weight is 772 g/mol. The molecule has 0 bridgehead atoms. The van der Waals surface area contributed by atoms with Crippen molar-refractivity contribution in [1.29, 1.82) is 0 Å². The molecule has 290 valence electrons. The fraction of sp³-hybridized carbons (Fsp3) is 0.486. The molecule has 17 heteroatoms. The molecule has 1 aliphatic heterocycles. The zero-order valence-electron chi connectivity index (χ0n) is 30.0. The van der Waals surface area contributed by atoms with Crippen molar-refractivity contribution in [3.8, 4) is 16.9 Å². The fourth-order valence-corrected chi connectivity index (χ4v) is 8.31. The predicted molar refractivity (Wildman–Crippen MR) is 191 cm³/mol. The number of halogens is 2. The van der Waals surface area contributed by atoms with Crippen LogP contribution < -0.4 is 20.1 Å². The van der Waals surface area contributed by atoms with Crippen molar-refractivity contribution in [2.75, 3.05) is 19.8 Å². The maximum Gasteiger partial charge on any atom is 0.408 e. The Labute approximate surface area is 311 Å². The molecule has 14 nitrogen and oxygen atoms in total. The summed E-state index contributed by atoms with van der Waals surface area (Å²) in [4.78, 5) is 54.5. The Kier molecular flexibility index (Phi) is 10.7. The Hall–Kier alpha value is -5.06. The lowest BCUT2D eigenvalue weighted by atomic mass is 9.85. The zero-order valence-corrected chi connectivity index (χ0v) is 30.8. The summed E-state index contributed by atoms with van der Waals surface area (Å²) in [6.07, 6.45) is 0.104. The Balaban J connectivity index is 1.02. The molecule has 4 amide bonds. The van der Waals surface area contributed by atoms with Crippen molar-refractivity contribution in [3.05, 3.63) is 65.7 Å². The van der Waals surface area contributed by atoms with Crippen molar-refractivity contribution in [3.63, 3.8) is 0 Å². The first-order valence-corrected chi connectivity index (χ1v) is 19.3. The van der Waals surface area contributed by atoms with E-state index in [9.17, 15) is 41.6 Å². The molecule has 2 aromatic rings. The van der Waals surface area contributed by atoms with Gasteiger partial charge in [0.05, 0.1) is 11.2 Å². The van der Waals surface area contributed by atoms with Crippen LogP contribution in [0.2, 0.25) is 0 Å². The third-order valence-electron chi connectivity index (χ3n) is 10.1. The van der Waals surface area contributed by atoms with Crippen LogP contribution in [0.3, 0.4) is 0 Å². The third-order valence-corrected chi connectivity index (χ3v) is 11.9. The molecule has 3 fully saturated rings. The number of alkyl halides is 2. The molecule has 54 heavy (non-hydrogen) atoms. The number of nitrogens with one attached hydrogen (secondary N) is 3. The van der Waals surface area contributed by atoms with E-state index in [1.165, 1.54) is 4.90 Å². The second-order valence-corrected chi connectivity index (χ2v) is 17.0. The highest BCUT2D eigenvalue weighted by Crippen LogP contribution is 2.48. The second kappa shape index (κ2) is 15.0. The highest BCUT2D eigenvalue weighted by atomic mass is 32.2. The van der Waals surface area contributed by atoms with Gasteiger partial charge in [-0.3, -0.25) is 19.1 Å². The number of carbonyl (C=O) groups excluding carboxylic acids is 4. The first-order valence-electron chi connectivity index (χ1n) is 17.7. The molecular weight excluding hydrogens is 728 g/mol. The minimum absolute atomic E-state index is 0.127. The number of hydrogen-bond acceptors (Lipinski definition) is 10. The maximum absolute atomic E-state index is 13.9. The van der Waals surface area contributed by atoms with Gasteiger partial charge < -0.3 is 30.2 Å². The molecule has 4 N–H and O–H groups in total. The van der Waals surface area contributed by atoms with E-state index >= 15 is 0 Å². The average Bonchev–Trinajstić information content (AvgIpc) is 4.03. The number of ether oxygens (including phenoxy) is 2. The first kappa shape index (κ1) is 38.7. The van der Waals surface area contributed by atoms with Gasteiger partial charge >= 0.3 is 6.09 Å². The summed E-state index contributed by atoms with van der Waals surface area (Å²) in [5, 5.41) is 17.3. The molecule has 0 radical (unpaired) electrons. The van der Waals surface area contributed by atoms with Crippen LogP contribution >= 0.6 is 0 Å². The molecule has 1 heterocycles. The topological polar surface area (TPSA) is 193 Å². The van der Waals surface area contributed by atoms with Crippen molar-refractivity contribution >= 4 is 39.5 Å². The van der Waals surface area contributed by atoms with Crippen molar-refractivity contribution in [2.24, 2.45) is 16.5 Å². The molecule has 0 aromatic heterocycles. The van der Waals surface area contributed by atoms with Crippen LogP contribution in [0.1, 0.15) is 64.0 Å². The Morgan fingerprint density at radius 3 is 2.35 bits per heavy atom. The number of sulfonamides is 1. The Morgan fingerprint density at radius 2 is 1.70 bits per heavy atom. The number of alkyl carbamates (subject to hydrolysis) is 1. The summed E-state index contributed by atoms with van der Waals surface area (Å²) in [6, 6.07) is 10.8. The molecule has 4 aliphatic rings. The SMILES string of the molecule is CC(C)(C)[C@H](NC(=O)OC/C=C\COc1ccc2c(c1)/C(=N/O)c1ccccc1-2)C(=O)N1CCC[C@H]1C(=O)N[C@]1(C(=O)NS(=O)(=O)C2CC2)C[C@H]1C(F)F. The molecular formula is C37H43F2N5O9S. The quantitative estimate of drug-likeness (QED) is 0.114. The third kappa shape index (κ3) is 7.91. The van der Waals surface area contributed by atoms with E-state index in [0.29, 0.717) is 30.7 Å². The van der Waals surface area contributed by atoms with Gasteiger partial charge in [-0.05, 0) is 79.0 Å². The van der Waals surface area contributed by atoms with Gasteiger partial charge in [0.25, 0.3) is 5.91 Å². The van der Waals surface area contributed by atoms with Crippen LogP contribution in [0, 0.1) is 11.3 Å². The number of carbonyl (C=O) groups is 4. The second-order valence-electron chi connectivity index (χ2n) is 15.0. The van der Waals surface area contributed by atoms with Crippen LogP contribution in [0.15, 0.2) is 59.8 Å². The van der Waals surface area contributed by atoms with Gasteiger partial charge in [-0.25, -0.2) is 22.0 Å². The van der Waals surface area contributed by atoms with Gasteiger partial charge in [0, 0.05) is 17.7 Å². The van der Waals surface area contributed by atoms with E-state index < -0.39 is 80.9 Å². The summed E-state index contributed by atoms with van der Waals surface area (Å²) in [5.41, 5.74) is 0.920. The monoisotopic (exact) mass is 771 g/mol. The number of amides is 4. The van der Waals surface area contributed by atoms with Gasteiger partial charge in [0.2, 0.25) is 28.3 Å². The minimum atomic E-state index is -4.07. The standard InChI is InChI=1S/C37H43F2N5O9S/c1-36(2,3)30(40-35(48)53-18-7-6-17-52-21-12-15-24-23-9-4-5-10-25(23)29(42-49)26(24)19-21)33(46)44-16-8-11-28(44)32(45)41-37(20-27(37)31(38)39)34(47)43-54(50,51)22-13-14-22/h4-7,9-10,12,15,19,22,27-28,30-31,49H,8,11,13-14,16-18,20H2,1-3H3,(H,40,48)(H,41,45)(H,43,47)/b7-6-,42-29+/t27-,28-,30+,37+/m0/s1. The van der Waals surface area contributed by atoms with Gasteiger partial charge in [-0.2, -0.15) is 0 Å². The van der Waals surface area contributed by atoms with Crippen LogP contribution in [-0.2, 0) is 29.1 Å². The van der Waals surface area contributed by atoms with Gasteiger partial charge in [-0.15, -0.1) is 0 Å². The number of benzene rings is 2. The van der Waals surface area contributed by atoms with Gasteiger partial charge in [-0.1, -0.05) is 50.2 Å². The maximum atomic E-state index is 13.9. The summed E-state index contributed by atoms with van der Waals surface area (Å²) in [6.45, 7) is 5.25.